The minimum absolute atomic E-state index is 0.00580. The minimum atomic E-state index is -0.194. The van der Waals surface area contributed by atoms with Gasteiger partial charge in [0, 0.05) is 31.5 Å². The molecule has 0 spiro atoms. The molecule has 0 bridgehead atoms. The van der Waals surface area contributed by atoms with E-state index in [1.807, 2.05) is 25.1 Å². The molecular weight excluding hydrogens is 262 g/mol. The van der Waals surface area contributed by atoms with Crippen molar-refractivity contribution in [1.29, 1.82) is 0 Å². The van der Waals surface area contributed by atoms with Crippen LogP contribution < -0.4 is 11.4 Å². The fourth-order valence-electron chi connectivity index (χ4n) is 2.59. The molecule has 0 aliphatic heterocycles. The summed E-state index contributed by atoms with van der Waals surface area (Å²) in [6, 6.07) is 14.2. The maximum atomic E-state index is 12.0. The highest BCUT2D eigenvalue weighted by Gasteiger charge is 2.10. The second-order valence-electron chi connectivity index (χ2n) is 5.23. The van der Waals surface area contributed by atoms with Crippen LogP contribution >= 0.6 is 0 Å². The largest absolute Gasteiger partial charge is 0.328 e. The first kappa shape index (κ1) is 13.6. The number of hydrogen-bond donors (Lipinski definition) is 1. The first-order chi connectivity index (χ1) is 10.2. The van der Waals surface area contributed by atoms with Crippen LogP contribution in [-0.4, -0.2) is 9.13 Å². The van der Waals surface area contributed by atoms with Gasteiger partial charge in [-0.05, 0) is 29.3 Å². The molecule has 4 heteroatoms. The van der Waals surface area contributed by atoms with E-state index in [-0.39, 0.29) is 11.7 Å². The quantitative estimate of drug-likeness (QED) is 0.799. The normalized spacial score (nSPS) is 12.7. The number of nitrogens with two attached hydrogens (primary N) is 1. The zero-order chi connectivity index (χ0) is 14.8. The van der Waals surface area contributed by atoms with Gasteiger partial charge in [-0.3, -0.25) is 9.13 Å². The molecule has 3 aromatic rings. The Hall–Kier alpha value is -2.33. The third kappa shape index (κ3) is 2.62. The van der Waals surface area contributed by atoms with Crippen molar-refractivity contribution in [2.75, 3.05) is 0 Å². The fourth-order valence-corrected chi connectivity index (χ4v) is 2.59. The lowest BCUT2D eigenvalue weighted by molar-refractivity contribution is 0.548. The molecular formula is C17H19N3O. The van der Waals surface area contributed by atoms with Crippen molar-refractivity contribution in [2.24, 2.45) is 5.73 Å². The summed E-state index contributed by atoms with van der Waals surface area (Å²) in [6.45, 7) is 3.12. The third-order valence-electron chi connectivity index (χ3n) is 3.85. The molecule has 108 valence electrons. The maximum absolute atomic E-state index is 12.0. The topological polar surface area (TPSA) is 52.9 Å². The average Bonchev–Trinajstić information content (AvgIpc) is 2.87. The van der Waals surface area contributed by atoms with Gasteiger partial charge in [-0.1, -0.05) is 36.4 Å². The maximum Gasteiger partial charge on any atom is 0.328 e. The van der Waals surface area contributed by atoms with Crippen LogP contribution in [0.15, 0.2) is 59.7 Å². The zero-order valence-corrected chi connectivity index (χ0v) is 12.1. The molecule has 0 saturated carbocycles. The summed E-state index contributed by atoms with van der Waals surface area (Å²) in [7, 11) is 0. The van der Waals surface area contributed by atoms with E-state index in [0.29, 0.717) is 13.1 Å². The summed E-state index contributed by atoms with van der Waals surface area (Å²) < 4.78 is 3.34. The third-order valence-corrected chi connectivity index (χ3v) is 3.85. The highest BCUT2D eigenvalue weighted by Crippen LogP contribution is 2.20. The van der Waals surface area contributed by atoms with Crippen molar-refractivity contribution in [3.05, 3.63) is 70.9 Å². The summed E-state index contributed by atoms with van der Waals surface area (Å²) in [5, 5.41) is 2.37. The van der Waals surface area contributed by atoms with Crippen LogP contribution in [0.5, 0.6) is 0 Å². The van der Waals surface area contributed by atoms with Crippen LogP contribution in [0.3, 0.4) is 0 Å². The predicted molar refractivity (Wildman–Crippen MR) is 85.2 cm³/mol. The number of imidazole rings is 1. The molecule has 1 aromatic heterocycles. The summed E-state index contributed by atoms with van der Waals surface area (Å²) >= 11 is 0. The molecule has 0 aliphatic rings. The highest BCUT2D eigenvalue weighted by atomic mass is 16.1. The van der Waals surface area contributed by atoms with Gasteiger partial charge in [0.05, 0.1) is 0 Å². The van der Waals surface area contributed by atoms with Crippen LogP contribution in [0.4, 0.5) is 0 Å². The number of rotatable bonds is 4. The second kappa shape index (κ2) is 5.58. The Labute approximate surface area is 123 Å². The monoisotopic (exact) mass is 281 g/mol. The van der Waals surface area contributed by atoms with E-state index < -0.39 is 0 Å². The van der Waals surface area contributed by atoms with Crippen LogP contribution in [0.2, 0.25) is 0 Å². The van der Waals surface area contributed by atoms with Crippen molar-refractivity contribution in [3.63, 3.8) is 0 Å². The lowest BCUT2D eigenvalue weighted by atomic mass is 10.0. The van der Waals surface area contributed by atoms with Gasteiger partial charge in [-0.25, -0.2) is 4.79 Å². The summed E-state index contributed by atoms with van der Waals surface area (Å²) in [4.78, 5) is 12.0. The van der Waals surface area contributed by atoms with E-state index in [2.05, 4.69) is 24.3 Å². The average molecular weight is 281 g/mol. The van der Waals surface area contributed by atoms with Crippen LogP contribution in [0.25, 0.3) is 10.8 Å². The predicted octanol–water partition coefficient (Wildman–Crippen LogP) is 2.52. The summed E-state index contributed by atoms with van der Waals surface area (Å²) in [6.07, 6.45) is 3.60. The number of aromatic nitrogens is 2. The summed E-state index contributed by atoms with van der Waals surface area (Å²) in [5.74, 6) is 0. The molecule has 4 nitrogen and oxygen atoms in total. The molecule has 2 aromatic carbocycles. The fraction of sp³-hybridized carbons (Fsp3) is 0.235. The van der Waals surface area contributed by atoms with Crippen LogP contribution in [0, 0.1) is 0 Å². The number of hydrogen-bond acceptors (Lipinski definition) is 2. The molecule has 0 amide bonds. The standard InChI is InChI=1S/C17H19N3O/c1-2-19-9-10-20(17(19)21)12-16(18)15-8-7-13-5-3-4-6-14(13)11-15/h3-11,16H,2,12,18H2,1H3. The first-order valence-corrected chi connectivity index (χ1v) is 7.19. The van der Waals surface area contributed by atoms with Gasteiger partial charge in [-0.15, -0.1) is 0 Å². The van der Waals surface area contributed by atoms with E-state index in [1.54, 1.807) is 21.5 Å². The second-order valence-corrected chi connectivity index (χ2v) is 5.23. The van der Waals surface area contributed by atoms with Crippen molar-refractivity contribution >= 4 is 10.8 Å². The van der Waals surface area contributed by atoms with Gasteiger partial charge >= 0.3 is 5.69 Å². The molecule has 3 rings (SSSR count). The van der Waals surface area contributed by atoms with E-state index in [4.69, 9.17) is 5.73 Å². The van der Waals surface area contributed by atoms with E-state index in [1.165, 1.54) is 10.8 Å². The Bertz CT molecular complexity index is 816. The lowest BCUT2D eigenvalue weighted by Crippen LogP contribution is -2.28. The van der Waals surface area contributed by atoms with Crippen LogP contribution in [-0.2, 0) is 13.1 Å². The SMILES string of the molecule is CCn1ccn(CC(N)c2ccc3ccccc3c2)c1=O. The minimum Gasteiger partial charge on any atom is -0.322 e. The Morgan fingerprint density at radius 2 is 1.76 bits per heavy atom. The van der Waals surface area contributed by atoms with Crippen molar-refractivity contribution in [1.82, 2.24) is 9.13 Å². The number of benzene rings is 2. The molecule has 2 N–H and O–H groups in total. The van der Waals surface area contributed by atoms with E-state index >= 15 is 0 Å². The molecule has 0 fully saturated rings. The van der Waals surface area contributed by atoms with Gasteiger partial charge in [0.2, 0.25) is 0 Å². The smallest absolute Gasteiger partial charge is 0.322 e. The molecule has 0 aliphatic carbocycles. The molecule has 0 saturated heterocycles. The Morgan fingerprint density at radius 3 is 2.48 bits per heavy atom. The first-order valence-electron chi connectivity index (χ1n) is 7.19. The van der Waals surface area contributed by atoms with Gasteiger partial charge in [0.15, 0.2) is 0 Å². The van der Waals surface area contributed by atoms with E-state index in [9.17, 15) is 4.79 Å². The molecule has 21 heavy (non-hydrogen) atoms. The highest BCUT2D eigenvalue weighted by molar-refractivity contribution is 5.83. The molecule has 0 radical (unpaired) electrons. The molecule has 1 heterocycles. The number of fused-ring (bicyclic) bond motifs is 1. The molecule has 1 unspecified atom stereocenters. The van der Waals surface area contributed by atoms with Gasteiger partial charge < -0.3 is 5.73 Å². The Kier molecular flexibility index (Phi) is 3.62. The summed E-state index contributed by atoms with van der Waals surface area (Å²) in [5.41, 5.74) is 7.31. The van der Waals surface area contributed by atoms with Crippen LogP contribution in [0.1, 0.15) is 18.5 Å². The number of aryl methyl sites for hydroxylation is 1. The Balaban J connectivity index is 1.87. The Morgan fingerprint density at radius 1 is 1.05 bits per heavy atom. The molecule has 1 atom stereocenters. The van der Waals surface area contributed by atoms with Gasteiger partial charge in [0.25, 0.3) is 0 Å². The zero-order valence-electron chi connectivity index (χ0n) is 12.1. The van der Waals surface area contributed by atoms with Crippen molar-refractivity contribution < 1.29 is 0 Å². The number of nitrogens with zero attached hydrogens (tertiary/aromatic N) is 2. The van der Waals surface area contributed by atoms with Crippen molar-refractivity contribution in [2.45, 2.75) is 26.1 Å². The van der Waals surface area contributed by atoms with Gasteiger partial charge in [-0.2, -0.15) is 0 Å². The van der Waals surface area contributed by atoms with Gasteiger partial charge in [0.1, 0.15) is 0 Å². The van der Waals surface area contributed by atoms with Crippen molar-refractivity contribution in [3.8, 4) is 0 Å². The lowest BCUT2D eigenvalue weighted by Gasteiger charge is -2.13. The van der Waals surface area contributed by atoms with E-state index in [0.717, 1.165) is 5.56 Å².